The lowest BCUT2D eigenvalue weighted by atomic mass is 9.99. The smallest absolute Gasteiger partial charge is 0.268 e. The fourth-order valence-corrected chi connectivity index (χ4v) is 4.30. The van der Waals surface area contributed by atoms with Crippen LogP contribution in [0, 0.1) is 12.8 Å². The van der Waals surface area contributed by atoms with Crippen LogP contribution in [0.15, 0.2) is 34.9 Å². The number of carbonyl (C=O) groups excluding carboxylic acids is 1. The number of piperazine rings is 1. The molecular weight excluding hydrogens is 430 g/mol. The highest BCUT2D eigenvalue weighted by Crippen LogP contribution is 2.28. The highest BCUT2D eigenvalue weighted by atomic mass is 16.4. The molecule has 0 spiro atoms. The predicted octanol–water partition coefficient (Wildman–Crippen LogP) is 3.30. The number of benzene rings is 1. The van der Waals surface area contributed by atoms with Gasteiger partial charge in [-0.1, -0.05) is 32.9 Å². The van der Waals surface area contributed by atoms with Crippen molar-refractivity contribution in [2.24, 2.45) is 5.92 Å². The Balaban J connectivity index is 1.57. The van der Waals surface area contributed by atoms with Crippen molar-refractivity contribution in [1.29, 1.82) is 0 Å². The molecule has 4 rings (SSSR count). The first-order chi connectivity index (χ1) is 16.4. The van der Waals surface area contributed by atoms with Gasteiger partial charge in [-0.2, -0.15) is 0 Å². The molecule has 1 N–H and O–H groups in total. The van der Waals surface area contributed by atoms with E-state index in [1.807, 2.05) is 50.1 Å². The monoisotopic (exact) mass is 463 g/mol. The van der Waals surface area contributed by atoms with Gasteiger partial charge in [-0.05, 0) is 37.6 Å². The van der Waals surface area contributed by atoms with Gasteiger partial charge in [0, 0.05) is 38.2 Å². The molecule has 0 unspecified atom stereocenters. The van der Waals surface area contributed by atoms with E-state index in [1.54, 1.807) is 6.20 Å². The molecule has 1 atom stereocenters. The first-order valence-corrected chi connectivity index (χ1v) is 11.9. The summed E-state index contributed by atoms with van der Waals surface area (Å²) in [4.78, 5) is 26.0. The first-order valence-electron chi connectivity index (χ1n) is 11.9. The zero-order valence-electron chi connectivity index (χ0n) is 20.6. The highest BCUT2D eigenvalue weighted by Gasteiger charge is 2.32. The second-order valence-electron chi connectivity index (χ2n) is 9.00. The van der Waals surface area contributed by atoms with Crippen LogP contribution in [-0.4, -0.2) is 63.7 Å². The summed E-state index contributed by atoms with van der Waals surface area (Å²) in [7, 11) is 1.92. The number of aromatic nitrogens is 4. The van der Waals surface area contributed by atoms with Gasteiger partial charge >= 0.3 is 0 Å². The van der Waals surface area contributed by atoms with Crippen LogP contribution in [0.5, 0.6) is 0 Å². The molecule has 1 saturated heterocycles. The Morgan fingerprint density at radius 3 is 2.59 bits per heavy atom. The number of nitrogens with zero attached hydrogens (tertiary/aromatic N) is 6. The summed E-state index contributed by atoms with van der Waals surface area (Å²) in [5, 5.41) is 11.6. The summed E-state index contributed by atoms with van der Waals surface area (Å²) in [5.41, 5.74) is 3.34. The van der Waals surface area contributed by atoms with Gasteiger partial charge in [-0.15, -0.1) is 10.2 Å². The van der Waals surface area contributed by atoms with Crippen LogP contribution >= 0.6 is 0 Å². The van der Waals surface area contributed by atoms with Gasteiger partial charge in [0.1, 0.15) is 5.82 Å². The Morgan fingerprint density at radius 2 is 1.91 bits per heavy atom. The molecule has 0 saturated carbocycles. The molecule has 180 valence electrons. The summed E-state index contributed by atoms with van der Waals surface area (Å²) in [6.45, 7) is 11.0. The molecule has 0 radical (unpaired) electrons. The molecule has 0 bridgehead atoms. The standard InChI is InChI=1S/C25H33N7O2/c1-6-22(33)32-12-11-31(15-20(32)16(2)3)21-14-27-17(4)23(28-21)25-30-29-24(34-25)19-9-7-18(8-10-19)13-26-5/h7-10,14,16,20,26H,6,11-13,15H2,1-5H3/t20-/m1/s1. The van der Waals surface area contributed by atoms with E-state index in [4.69, 9.17) is 9.40 Å². The molecule has 3 heterocycles. The molecule has 1 aromatic carbocycles. The molecule has 2 aromatic heterocycles. The van der Waals surface area contributed by atoms with Gasteiger partial charge in [0.25, 0.3) is 5.89 Å². The Bertz CT molecular complexity index is 1130. The van der Waals surface area contributed by atoms with Crippen LogP contribution in [0.1, 0.15) is 38.4 Å². The lowest BCUT2D eigenvalue weighted by molar-refractivity contribution is -0.134. The quantitative estimate of drug-likeness (QED) is 0.570. The van der Waals surface area contributed by atoms with Gasteiger partial charge in [0.2, 0.25) is 11.8 Å². The third-order valence-corrected chi connectivity index (χ3v) is 6.29. The van der Waals surface area contributed by atoms with Crippen LogP contribution in [0.25, 0.3) is 23.0 Å². The maximum Gasteiger partial charge on any atom is 0.268 e. The largest absolute Gasteiger partial charge is 0.415 e. The molecule has 34 heavy (non-hydrogen) atoms. The number of nitrogens with one attached hydrogen (secondary N) is 1. The van der Waals surface area contributed by atoms with Crippen LogP contribution in [0.3, 0.4) is 0 Å². The average molecular weight is 464 g/mol. The molecular formula is C25H33N7O2. The van der Waals surface area contributed by atoms with Crippen molar-refractivity contribution >= 4 is 11.7 Å². The van der Waals surface area contributed by atoms with Crippen molar-refractivity contribution in [3.8, 4) is 23.0 Å². The van der Waals surface area contributed by atoms with Gasteiger partial charge in [-0.25, -0.2) is 4.98 Å². The van der Waals surface area contributed by atoms with E-state index < -0.39 is 0 Å². The molecule has 1 aliphatic heterocycles. The number of aryl methyl sites for hydroxylation is 1. The SMILES string of the molecule is CCC(=O)N1CCN(c2cnc(C)c(-c3nnc(-c4ccc(CNC)cc4)o3)n2)C[C@@H]1C(C)C. The normalized spacial score (nSPS) is 16.4. The van der Waals surface area contributed by atoms with Gasteiger partial charge in [0.15, 0.2) is 5.69 Å². The fourth-order valence-electron chi connectivity index (χ4n) is 4.30. The molecule has 1 fully saturated rings. The maximum absolute atomic E-state index is 12.4. The zero-order valence-corrected chi connectivity index (χ0v) is 20.6. The number of carbonyl (C=O) groups is 1. The minimum absolute atomic E-state index is 0.133. The Morgan fingerprint density at radius 1 is 1.18 bits per heavy atom. The van der Waals surface area contributed by atoms with Crippen LogP contribution in [-0.2, 0) is 11.3 Å². The summed E-state index contributed by atoms with van der Waals surface area (Å²) >= 11 is 0. The molecule has 0 aliphatic carbocycles. The van der Waals surface area contributed by atoms with Crippen molar-refractivity contribution in [1.82, 2.24) is 30.4 Å². The molecule has 3 aromatic rings. The van der Waals surface area contributed by atoms with Crippen LogP contribution in [0.2, 0.25) is 0 Å². The Labute approximate surface area is 200 Å². The highest BCUT2D eigenvalue weighted by molar-refractivity contribution is 5.76. The second-order valence-corrected chi connectivity index (χ2v) is 9.00. The number of hydrogen-bond acceptors (Lipinski definition) is 8. The minimum Gasteiger partial charge on any atom is -0.415 e. The minimum atomic E-state index is 0.133. The molecule has 9 heteroatoms. The number of anilines is 1. The number of amides is 1. The van der Waals surface area contributed by atoms with Crippen molar-refractivity contribution in [2.45, 2.75) is 46.7 Å². The second kappa shape index (κ2) is 10.3. The summed E-state index contributed by atoms with van der Waals surface area (Å²) < 4.78 is 5.99. The third kappa shape index (κ3) is 4.94. The van der Waals surface area contributed by atoms with Crippen molar-refractivity contribution < 1.29 is 9.21 Å². The Hall–Kier alpha value is -3.33. The van der Waals surface area contributed by atoms with Crippen molar-refractivity contribution in [3.05, 3.63) is 41.7 Å². The van der Waals surface area contributed by atoms with E-state index >= 15 is 0 Å². The first kappa shape index (κ1) is 23.8. The van der Waals surface area contributed by atoms with Crippen LogP contribution < -0.4 is 10.2 Å². The summed E-state index contributed by atoms with van der Waals surface area (Å²) in [5.74, 6) is 2.09. The van der Waals surface area contributed by atoms with E-state index in [2.05, 4.69) is 39.2 Å². The van der Waals surface area contributed by atoms with Gasteiger partial charge in [-0.3, -0.25) is 9.78 Å². The third-order valence-electron chi connectivity index (χ3n) is 6.29. The lowest BCUT2D eigenvalue weighted by Gasteiger charge is -2.43. The van der Waals surface area contributed by atoms with Gasteiger partial charge < -0.3 is 19.5 Å². The van der Waals surface area contributed by atoms with E-state index in [0.29, 0.717) is 49.4 Å². The zero-order chi connectivity index (χ0) is 24.2. The average Bonchev–Trinajstić information content (AvgIpc) is 3.34. The molecule has 1 amide bonds. The number of rotatable bonds is 7. The molecule has 1 aliphatic rings. The van der Waals surface area contributed by atoms with Crippen LogP contribution in [0.4, 0.5) is 5.82 Å². The topological polar surface area (TPSA) is 100 Å². The maximum atomic E-state index is 12.4. The lowest BCUT2D eigenvalue weighted by Crippen LogP contribution is -2.57. The Kier molecular flexibility index (Phi) is 7.21. The predicted molar refractivity (Wildman–Crippen MR) is 131 cm³/mol. The van der Waals surface area contributed by atoms with E-state index in [9.17, 15) is 4.79 Å². The molecule has 9 nitrogen and oxygen atoms in total. The fraction of sp³-hybridized carbons (Fsp3) is 0.480. The summed E-state index contributed by atoms with van der Waals surface area (Å²) in [6.07, 6.45) is 2.31. The number of hydrogen-bond donors (Lipinski definition) is 1. The van der Waals surface area contributed by atoms with Crippen molar-refractivity contribution in [2.75, 3.05) is 31.6 Å². The summed E-state index contributed by atoms with van der Waals surface area (Å²) in [6, 6.07) is 8.16. The van der Waals surface area contributed by atoms with Gasteiger partial charge in [0.05, 0.1) is 17.9 Å². The van der Waals surface area contributed by atoms with E-state index in [-0.39, 0.29) is 11.9 Å². The van der Waals surface area contributed by atoms with E-state index in [1.165, 1.54) is 5.56 Å². The van der Waals surface area contributed by atoms with E-state index in [0.717, 1.165) is 23.6 Å². The van der Waals surface area contributed by atoms with Crippen molar-refractivity contribution in [3.63, 3.8) is 0 Å².